The van der Waals surface area contributed by atoms with Crippen LogP contribution in [0.3, 0.4) is 0 Å². The van der Waals surface area contributed by atoms with Gasteiger partial charge in [-0.3, -0.25) is 14.5 Å². The smallest absolute Gasteiger partial charge is 0.227 e. The number of likely N-dealkylation sites (N-methyl/N-ethyl adjacent to an activating group) is 1. The summed E-state index contributed by atoms with van der Waals surface area (Å²) in [6.45, 7) is 6.71. The van der Waals surface area contributed by atoms with Crippen LogP contribution in [0, 0.1) is 5.92 Å². The summed E-state index contributed by atoms with van der Waals surface area (Å²) in [4.78, 5) is 29.1. The van der Waals surface area contributed by atoms with Crippen LogP contribution in [0.1, 0.15) is 32.1 Å². The van der Waals surface area contributed by atoms with Gasteiger partial charge in [0.05, 0.1) is 25.3 Å². The van der Waals surface area contributed by atoms with Crippen LogP contribution < -0.4 is 15.0 Å². The Morgan fingerprint density at radius 3 is 2.59 bits per heavy atom. The molecule has 1 aromatic heterocycles. The lowest BCUT2D eigenvalue weighted by molar-refractivity contribution is -0.126. The van der Waals surface area contributed by atoms with E-state index in [0.717, 1.165) is 30.3 Å². The lowest BCUT2D eigenvalue weighted by Crippen LogP contribution is -2.40. The van der Waals surface area contributed by atoms with E-state index in [2.05, 4.69) is 24.1 Å². The summed E-state index contributed by atoms with van der Waals surface area (Å²) in [6.07, 6.45) is 1.87. The van der Waals surface area contributed by atoms with E-state index in [4.69, 9.17) is 9.15 Å². The number of methoxy groups -OCH3 is 1. The van der Waals surface area contributed by atoms with Crippen molar-refractivity contribution in [3.63, 3.8) is 0 Å². The van der Waals surface area contributed by atoms with Gasteiger partial charge in [0.25, 0.3) is 0 Å². The van der Waals surface area contributed by atoms with Crippen molar-refractivity contribution in [2.75, 3.05) is 38.2 Å². The van der Waals surface area contributed by atoms with Gasteiger partial charge in [0.1, 0.15) is 11.5 Å². The number of amides is 2. The fourth-order valence-corrected chi connectivity index (χ4v) is 3.79. The second-order valence-corrected chi connectivity index (χ2v) is 7.10. The van der Waals surface area contributed by atoms with E-state index in [9.17, 15) is 9.59 Å². The lowest BCUT2D eigenvalue weighted by Gasteiger charge is -2.28. The summed E-state index contributed by atoms with van der Waals surface area (Å²) in [5.41, 5.74) is 0.780. The fourth-order valence-electron chi connectivity index (χ4n) is 3.79. The summed E-state index contributed by atoms with van der Waals surface area (Å²) in [7, 11) is 1.60. The van der Waals surface area contributed by atoms with E-state index in [1.54, 1.807) is 18.3 Å². The fraction of sp³-hybridized carbons (Fsp3) is 0.455. The van der Waals surface area contributed by atoms with E-state index < -0.39 is 0 Å². The highest BCUT2D eigenvalue weighted by Gasteiger charge is 2.35. The Bertz CT molecular complexity index is 800. The Morgan fingerprint density at radius 1 is 1.28 bits per heavy atom. The third-order valence-corrected chi connectivity index (χ3v) is 5.47. The minimum Gasteiger partial charge on any atom is -0.497 e. The van der Waals surface area contributed by atoms with Crippen LogP contribution in [0.15, 0.2) is 47.1 Å². The first-order valence-corrected chi connectivity index (χ1v) is 10.1. The van der Waals surface area contributed by atoms with Crippen molar-refractivity contribution in [1.82, 2.24) is 10.2 Å². The molecule has 0 aliphatic carbocycles. The first-order chi connectivity index (χ1) is 14.1. The average molecular weight is 399 g/mol. The molecule has 2 unspecified atom stereocenters. The minimum absolute atomic E-state index is 0.0289. The number of carbonyl (C=O) groups excluding carboxylic acids is 2. The number of nitrogens with zero attached hydrogens (tertiary/aromatic N) is 2. The maximum Gasteiger partial charge on any atom is 0.227 e. The van der Waals surface area contributed by atoms with Crippen LogP contribution in [-0.2, 0) is 9.59 Å². The predicted octanol–water partition coefficient (Wildman–Crippen LogP) is 2.84. The standard InChI is InChI=1S/C22H29N3O4/c1-4-24(5-2)19(20-7-6-12-29-20)14-23-22(27)16-13-21(26)25(15-16)17-8-10-18(28-3)11-9-17/h6-12,16,19H,4-5,13-15H2,1-3H3,(H,23,27). The van der Waals surface area contributed by atoms with Crippen LogP contribution in [0.25, 0.3) is 0 Å². The number of anilines is 1. The second-order valence-electron chi connectivity index (χ2n) is 7.10. The summed E-state index contributed by atoms with van der Waals surface area (Å²) in [5.74, 6) is 1.06. The Balaban J connectivity index is 1.62. The van der Waals surface area contributed by atoms with Gasteiger partial charge in [0.2, 0.25) is 11.8 Å². The van der Waals surface area contributed by atoms with Crippen molar-refractivity contribution in [1.29, 1.82) is 0 Å². The number of ether oxygens (including phenoxy) is 1. The lowest BCUT2D eigenvalue weighted by atomic mass is 10.1. The van der Waals surface area contributed by atoms with E-state index >= 15 is 0 Å². The molecule has 0 spiro atoms. The molecule has 1 aliphatic rings. The first kappa shape index (κ1) is 20.9. The van der Waals surface area contributed by atoms with E-state index in [0.29, 0.717) is 13.1 Å². The Labute approximate surface area is 171 Å². The Kier molecular flexibility index (Phi) is 6.93. The predicted molar refractivity (Wildman–Crippen MR) is 111 cm³/mol. The van der Waals surface area contributed by atoms with Crippen molar-refractivity contribution in [2.45, 2.75) is 26.3 Å². The molecule has 1 saturated heterocycles. The van der Waals surface area contributed by atoms with Gasteiger partial charge in [-0.25, -0.2) is 0 Å². The van der Waals surface area contributed by atoms with E-state index in [1.807, 2.05) is 36.4 Å². The number of carbonyl (C=O) groups is 2. The molecule has 7 nitrogen and oxygen atoms in total. The number of benzene rings is 1. The number of nitrogens with one attached hydrogen (secondary N) is 1. The van der Waals surface area contributed by atoms with E-state index in [-0.39, 0.29) is 30.2 Å². The maximum absolute atomic E-state index is 12.8. The van der Waals surface area contributed by atoms with Crippen LogP contribution in [-0.4, -0.2) is 50.0 Å². The van der Waals surface area contributed by atoms with Crippen molar-refractivity contribution >= 4 is 17.5 Å². The van der Waals surface area contributed by atoms with Crippen molar-refractivity contribution < 1.29 is 18.7 Å². The SMILES string of the molecule is CCN(CC)C(CNC(=O)C1CC(=O)N(c2ccc(OC)cc2)C1)c1ccco1. The highest BCUT2D eigenvalue weighted by molar-refractivity contribution is 6.00. The first-order valence-electron chi connectivity index (χ1n) is 10.1. The van der Waals surface area contributed by atoms with Gasteiger partial charge >= 0.3 is 0 Å². The third-order valence-electron chi connectivity index (χ3n) is 5.47. The molecule has 29 heavy (non-hydrogen) atoms. The number of furan rings is 1. The molecule has 1 fully saturated rings. The number of hydrogen-bond acceptors (Lipinski definition) is 5. The van der Waals surface area contributed by atoms with E-state index in [1.165, 1.54) is 0 Å². The quantitative estimate of drug-likeness (QED) is 0.702. The Morgan fingerprint density at radius 2 is 2.00 bits per heavy atom. The van der Waals surface area contributed by atoms with Crippen LogP contribution >= 0.6 is 0 Å². The van der Waals surface area contributed by atoms with Gasteiger partial charge in [-0.2, -0.15) is 0 Å². The molecule has 2 amide bonds. The third kappa shape index (κ3) is 4.79. The maximum atomic E-state index is 12.8. The van der Waals surface area contributed by atoms with Gasteiger partial charge in [0.15, 0.2) is 0 Å². The van der Waals surface area contributed by atoms with Crippen LogP contribution in [0.5, 0.6) is 5.75 Å². The molecular formula is C22H29N3O4. The highest BCUT2D eigenvalue weighted by Crippen LogP contribution is 2.27. The number of rotatable bonds is 9. The monoisotopic (exact) mass is 399 g/mol. The van der Waals surface area contributed by atoms with Gasteiger partial charge in [-0.15, -0.1) is 0 Å². The normalized spacial score (nSPS) is 17.6. The number of hydrogen-bond donors (Lipinski definition) is 1. The topological polar surface area (TPSA) is 75.0 Å². The summed E-state index contributed by atoms with van der Waals surface area (Å²) in [5, 5.41) is 3.03. The van der Waals surface area contributed by atoms with Gasteiger partial charge in [0, 0.05) is 25.2 Å². The molecule has 156 valence electrons. The molecule has 1 aliphatic heterocycles. The summed E-state index contributed by atoms with van der Waals surface area (Å²) < 4.78 is 10.7. The molecule has 0 radical (unpaired) electrons. The molecule has 2 heterocycles. The molecule has 1 N–H and O–H groups in total. The summed E-state index contributed by atoms with van der Waals surface area (Å²) >= 11 is 0. The van der Waals surface area contributed by atoms with Crippen molar-refractivity contribution in [2.24, 2.45) is 5.92 Å². The molecule has 2 aromatic rings. The molecule has 3 rings (SSSR count). The summed E-state index contributed by atoms with van der Waals surface area (Å²) in [6, 6.07) is 11.1. The van der Waals surface area contributed by atoms with Gasteiger partial charge < -0.3 is 19.4 Å². The largest absolute Gasteiger partial charge is 0.497 e. The molecular weight excluding hydrogens is 370 g/mol. The molecule has 0 bridgehead atoms. The van der Waals surface area contributed by atoms with Gasteiger partial charge in [-0.1, -0.05) is 13.8 Å². The average Bonchev–Trinajstić information content (AvgIpc) is 3.41. The second kappa shape index (κ2) is 9.60. The van der Waals surface area contributed by atoms with Gasteiger partial charge in [-0.05, 0) is 49.5 Å². The zero-order chi connectivity index (χ0) is 20.8. The van der Waals surface area contributed by atoms with Crippen LogP contribution in [0.2, 0.25) is 0 Å². The zero-order valence-corrected chi connectivity index (χ0v) is 17.3. The molecule has 7 heteroatoms. The molecule has 1 aromatic carbocycles. The van der Waals surface area contributed by atoms with Crippen molar-refractivity contribution in [3.8, 4) is 5.75 Å². The molecule has 2 atom stereocenters. The molecule has 0 saturated carbocycles. The Hall–Kier alpha value is -2.80. The van der Waals surface area contributed by atoms with Crippen molar-refractivity contribution in [3.05, 3.63) is 48.4 Å². The minimum atomic E-state index is -0.362. The highest BCUT2D eigenvalue weighted by atomic mass is 16.5. The zero-order valence-electron chi connectivity index (χ0n) is 17.3. The van der Waals surface area contributed by atoms with Crippen LogP contribution in [0.4, 0.5) is 5.69 Å².